The summed E-state index contributed by atoms with van der Waals surface area (Å²) >= 11 is 3.53. The SMILES string of the molecule is CCCCCOC(=O)C1=C(C)NC2=C(C(=O)CC(C)(C)C2)[C@H]1c1cccc(Br)c1. The van der Waals surface area contributed by atoms with E-state index in [2.05, 4.69) is 42.0 Å². The largest absolute Gasteiger partial charge is 0.462 e. The van der Waals surface area contributed by atoms with E-state index in [1.807, 2.05) is 31.2 Å². The van der Waals surface area contributed by atoms with Gasteiger partial charge in [-0.1, -0.05) is 61.7 Å². The Bertz CT molecular complexity index is 882. The van der Waals surface area contributed by atoms with Crippen molar-refractivity contribution in [3.63, 3.8) is 0 Å². The highest BCUT2D eigenvalue weighted by molar-refractivity contribution is 9.10. The third-order valence-electron chi connectivity index (χ3n) is 5.62. The van der Waals surface area contributed by atoms with E-state index in [0.29, 0.717) is 24.2 Å². The van der Waals surface area contributed by atoms with Crippen LogP contribution in [0.4, 0.5) is 0 Å². The highest BCUT2D eigenvalue weighted by Gasteiger charge is 2.43. The van der Waals surface area contributed by atoms with Gasteiger partial charge in [-0.25, -0.2) is 4.79 Å². The number of unbranched alkanes of at least 4 members (excludes halogenated alkanes) is 2. The fourth-order valence-corrected chi connectivity index (χ4v) is 4.74. The van der Waals surface area contributed by atoms with Gasteiger partial charge >= 0.3 is 5.97 Å². The highest BCUT2D eigenvalue weighted by atomic mass is 79.9. The number of carbonyl (C=O) groups excluding carboxylic acids is 2. The molecule has 29 heavy (non-hydrogen) atoms. The molecule has 1 aliphatic carbocycles. The van der Waals surface area contributed by atoms with Crippen LogP contribution in [0, 0.1) is 5.41 Å². The molecule has 1 N–H and O–H groups in total. The van der Waals surface area contributed by atoms with Gasteiger partial charge in [-0.05, 0) is 42.9 Å². The zero-order chi connectivity index (χ0) is 21.2. The van der Waals surface area contributed by atoms with Crippen LogP contribution in [0.15, 0.2) is 51.3 Å². The van der Waals surface area contributed by atoms with Gasteiger partial charge in [-0.2, -0.15) is 0 Å². The smallest absolute Gasteiger partial charge is 0.336 e. The van der Waals surface area contributed by atoms with E-state index >= 15 is 0 Å². The molecule has 5 heteroatoms. The Kier molecular flexibility index (Phi) is 6.67. The molecule has 0 spiro atoms. The minimum Gasteiger partial charge on any atom is -0.462 e. The van der Waals surface area contributed by atoms with Crippen LogP contribution in [0.3, 0.4) is 0 Å². The van der Waals surface area contributed by atoms with Gasteiger partial charge in [-0.15, -0.1) is 0 Å². The number of ketones is 1. The third kappa shape index (κ3) is 4.82. The van der Waals surface area contributed by atoms with Gasteiger partial charge in [-0.3, -0.25) is 4.79 Å². The van der Waals surface area contributed by atoms with Crippen LogP contribution in [-0.2, 0) is 14.3 Å². The second-order valence-electron chi connectivity index (χ2n) is 8.83. The zero-order valence-electron chi connectivity index (χ0n) is 17.7. The van der Waals surface area contributed by atoms with Gasteiger partial charge in [0.1, 0.15) is 0 Å². The molecule has 0 saturated carbocycles. The van der Waals surface area contributed by atoms with Crippen LogP contribution in [0.1, 0.15) is 71.3 Å². The topological polar surface area (TPSA) is 55.4 Å². The van der Waals surface area contributed by atoms with Crippen molar-refractivity contribution in [2.75, 3.05) is 6.61 Å². The Morgan fingerprint density at radius 2 is 2.03 bits per heavy atom. The zero-order valence-corrected chi connectivity index (χ0v) is 19.3. The molecule has 0 fully saturated rings. The molecule has 3 rings (SSSR count). The van der Waals surface area contributed by atoms with Gasteiger partial charge in [0.25, 0.3) is 0 Å². The summed E-state index contributed by atoms with van der Waals surface area (Å²) in [5.74, 6) is -0.621. The van der Waals surface area contributed by atoms with Crippen molar-refractivity contribution in [2.24, 2.45) is 5.41 Å². The van der Waals surface area contributed by atoms with Crippen molar-refractivity contribution >= 4 is 27.7 Å². The van der Waals surface area contributed by atoms with Crippen LogP contribution < -0.4 is 5.32 Å². The Hall–Kier alpha value is -1.88. The monoisotopic (exact) mass is 459 g/mol. The van der Waals surface area contributed by atoms with Gasteiger partial charge < -0.3 is 10.1 Å². The van der Waals surface area contributed by atoms with E-state index < -0.39 is 5.92 Å². The molecule has 1 atom stereocenters. The maximum absolute atomic E-state index is 13.2. The molecule has 4 nitrogen and oxygen atoms in total. The summed E-state index contributed by atoms with van der Waals surface area (Å²) in [6.45, 7) is 8.65. The van der Waals surface area contributed by atoms with Crippen LogP contribution in [0.5, 0.6) is 0 Å². The number of esters is 1. The molecule has 2 aliphatic rings. The molecule has 1 heterocycles. The number of ether oxygens (including phenoxy) is 1. The number of Topliss-reactive ketones (excluding diaryl/α,β-unsaturated/α-hetero) is 1. The summed E-state index contributed by atoms with van der Waals surface area (Å²) in [6, 6.07) is 7.87. The summed E-state index contributed by atoms with van der Waals surface area (Å²) < 4.78 is 6.53. The molecule has 0 amide bonds. The number of hydrogen-bond acceptors (Lipinski definition) is 4. The predicted octanol–water partition coefficient (Wildman–Crippen LogP) is 5.79. The van der Waals surface area contributed by atoms with Crippen molar-refractivity contribution in [1.29, 1.82) is 0 Å². The average molecular weight is 460 g/mol. The molecule has 1 aliphatic heterocycles. The summed E-state index contributed by atoms with van der Waals surface area (Å²) in [4.78, 5) is 26.3. The standard InChI is InChI=1S/C24H30BrNO3/c1-5-6-7-11-29-23(28)20-15(2)26-18-13-24(3,4)14-19(27)22(18)21(20)16-9-8-10-17(25)12-16/h8-10,12,21,26H,5-7,11,13-14H2,1-4H3/t21-/m0/s1. The van der Waals surface area contributed by atoms with E-state index in [-0.39, 0.29) is 17.2 Å². The van der Waals surface area contributed by atoms with E-state index in [4.69, 9.17) is 4.74 Å². The minimum absolute atomic E-state index is 0.0941. The number of rotatable bonds is 6. The normalized spacial score (nSPS) is 21.0. The Morgan fingerprint density at radius 1 is 1.28 bits per heavy atom. The number of carbonyl (C=O) groups is 2. The first-order valence-electron chi connectivity index (χ1n) is 10.4. The van der Waals surface area contributed by atoms with Crippen molar-refractivity contribution in [1.82, 2.24) is 5.32 Å². The van der Waals surface area contributed by atoms with Gasteiger partial charge in [0.05, 0.1) is 12.2 Å². The molecule has 0 radical (unpaired) electrons. The molecule has 0 unspecified atom stereocenters. The van der Waals surface area contributed by atoms with Crippen molar-refractivity contribution in [2.45, 2.75) is 65.7 Å². The quantitative estimate of drug-likeness (QED) is 0.432. The van der Waals surface area contributed by atoms with Crippen LogP contribution >= 0.6 is 15.9 Å². The molecule has 156 valence electrons. The Balaban J connectivity index is 2.03. The molecule has 1 aromatic rings. The lowest BCUT2D eigenvalue weighted by molar-refractivity contribution is -0.139. The van der Waals surface area contributed by atoms with E-state index in [0.717, 1.165) is 47.1 Å². The first-order chi connectivity index (χ1) is 13.7. The number of benzene rings is 1. The van der Waals surface area contributed by atoms with Gasteiger partial charge in [0, 0.05) is 33.8 Å². The lowest BCUT2D eigenvalue weighted by atomic mass is 9.68. The van der Waals surface area contributed by atoms with E-state index in [1.165, 1.54) is 0 Å². The minimum atomic E-state index is -0.397. The lowest BCUT2D eigenvalue weighted by Crippen LogP contribution is -2.38. The fourth-order valence-electron chi connectivity index (χ4n) is 4.32. The van der Waals surface area contributed by atoms with Gasteiger partial charge in [0.2, 0.25) is 0 Å². The first-order valence-corrected chi connectivity index (χ1v) is 11.2. The van der Waals surface area contributed by atoms with Crippen LogP contribution in [0.25, 0.3) is 0 Å². The lowest BCUT2D eigenvalue weighted by Gasteiger charge is -2.39. The second kappa shape index (κ2) is 8.86. The second-order valence-corrected chi connectivity index (χ2v) is 9.74. The number of hydrogen-bond donors (Lipinski definition) is 1. The first kappa shape index (κ1) is 21.8. The summed E-state index contributed by atoms with van der Waals surface area (Å²) in [5, 5.41) is 3.38. The van der Waals surface area contributed by atoms with Crippen LogP contribution in [0.2, 0.25) is 0 Å². The molecule has 0 bridgehead atoms. The molecular formula is C24H30BrNO3. The third-order valence-corrected chi connectivity index (χ3v) is 6.12. The molecule has 0 saturated heterocycles. The summed E-state index contributed by atoms with van der Waals surface area (Å²) in [6.07, 6.45) is 4.22. The van der Waals surface area contributed by atoms with Crippen molar-refractivity contribution < 1.29 is 14.3 Å². The number of halogens is 1. The van der Waals surface area contributed by atoms with E-state index in [1.54, 1.807) is 0 Å². The van der Waals surface area contributed by atoms with Crippen molar-refractivity contribution in [3.05, 3.63) is 56.8 Å². The number of dihydropyridines is 1. The maximum atomic E-state index is 13.2. The van der Waals surface area contributed by atoms with Gasteiger partial charge in [0.15, 0.2) is 5.78 Å². The Morgan fingerprint density at radius 3 is 2.72 bits per heavy atom. The molecule has 0 aromatic heterocycles. The fraction of sp³-hybridized carbons (Fsp3) is 0.500. The van der Waals surface area contributed by atoms with E-state index in [9.17, 15) is 9.59 Å². The number of nitrogens with one attached hydrogen (secondary N) is 1. The molecular weight excluding hydrogens is 430 g/mol. The maximum Gasteiger partial charge on any atom is 0.336 e. The predicted molar refractivity (Wildman–Crippen MR) is 118 cm³/mol. The van der Waals surface area contributed by atoms with Crippen LogP contribution in [-0.4, -0.2) is 18.4 Å². The summed E-state index contributed by atoms with van der Waals surface area (Å²) in [7, 11) is 0. The molecule has 1 aromatic carbocycles. The number of allylic oxidation sites excluding steroid dienone is 3. The Labute approximate surface area is 181 Å². The van der Waals surface area contributed by atoms with Crippen molar-refractivity contribution in [3.8, 4) is 0 Å². The average Bonchev–Trinajstić information content (AvgIpc) is 2.63. The summed E-state index contributed by atoms with van der Waals surface area (Å²) in [5.41, 5.74) is 3.82. The highest BCUT2D eigenvalue weighted by Crippen LogP contribution is 2.47.